The molecule has 1 atom stereocenters. The molecule has 90 valence electrons. The highest BCUT2D eigenvalue weighted by Gasteiger charge is 2.17. The van der Waals surface area contributed by atoms with Gasteiger partial charge in [0.15, 0.2) is 5.82 Å². The van der Waals surface area contributed by atoms with Crippen LogP contribution in [0.15, 0.2) is 6.20 Å². The number of thiazole rings is 1. The molecule has 7 nitrogen and oxygen atoms in total. The van der Waals surface area contributed by atoms with Gasteiger partial charge in [-0.2, -0.15) is 4.68 Å². The van der Waals surface area contributed by atoms with E-state index in [9.17, 15) is 4.79 Å². The molecule has 0 aliphatic carbocycles. The number of aromatic nitrogens is 4. The van der Waals surface area contributed by atoms with Crippen molar-refractivity contribution in [2.24, 2.45) is 5.73 Å². The lowest BCUT2D eigenvalue weighted by Crippen LogP contribution is -2.13. The van der Waals surface area contributed by atoms with E-state index in [1.54, 1.807) is 13.8 Å². The molecular weight excluding hydrogens is 242 g/mol. The Morgan fingerprint density at radius 1 is 1.65 bits per heavy atom. The van der Waals surface area contributed by atoms with Crippen LogP contribution in [0.1, 0.15) is 34.3 Å². The second-order valence-corrected chi connectivity index (χ2v) is 4.54. The summed E-state index contributed by atoms with van der Waals surface area (Å²) in [7, 11) is 0. The highest BCUT2D eigenvalue weighted by Crippen LogP contribution is 2.20. The summed E-state index contributed by atoms with van der Waals surface area (Å²) in [4.78, 5) is 19.1. The maximum atomic E-state index is 10.8. The Kier molecular flexibility index (Phi) is 2.90. The molecule has 0 amide bonds. The number of carboxylic acid groups (broad SMARTS) is 1. The third-order valence-electron chi connectivity index (χ3n) is 2.03. The van der Waals surface area contributed by atoms with Gasteiger partial charge in [-0.25, -0.2) is 14.8 Å². The number of aryl methyl sites for hydroxylation is 1. The standard InChI is InChI=1S/C9H11N5O2S/c1-4(10)7-12-5(2)13-14(7)9-11-3-6(17-9)8(15)16/h3-4H,10H2,1-2H3,(H,15,16)/t4-/m0/s1. The lowest BCUT2D eigenvalue weighted by molar-refractivity contribution is 0.0702. The minimum atomic E-state index is -1.01. The number of nitrogens with zero attached hydrogens (tertiary/aromatic N) is 4. The first-order valence-corrected chi connectivity index (χ1v) is 5.69. The molecular formula is C9H11N5O2S. The van der Waals surface area contributed by atoms with Crippen molar-refractivity contribution in [3.8, 4) is 5.13 Å². The van der Waals surface area contributed by atoms with Crippen LogP contribution in [0.2, 0.25) is 0 Å². The zero-order chi connectivity index (χ0) is 12.6. The van der Waals surface area contributed by atoms with Crippen LogP contribution in [-0.2, 0) is 0 Å². The highest BCUT2D eigenvalue weighted by atomic mass is 32.1. The minimum absolute atomic E-state index is 0.156. The van der Waals surface area contributed by atoms with E-state index < -0.39 is 5.97 Å². The Balaban J connectivity index is 2.48. The van der Waals surface area contributed by atoms with E-state index in [2.05, 4.69) is 15.1 Å². The smallest absolute Gasteiger partial charge is 0.347 e. The largest absolute Gasteiger partial charge is 0.477 e. The molecule has 0 saturated carbocycles. The van der Waals surface area contributed by atoms with Gasteiger partial charge in [-0.1, -0.05) is 11.3 Å². The molecule has 0 saturated heterocycles. The minimum Gasteiger partial charge on any atom is -0.477 e. The lowest BCUT2D eigenvalue weighted by Gasteiger charge is -2.04. The summed E-state index contributed by atoms with van der Waals surface area (Å²) in [6, 6.07) is -0.298. The molecule has 17 heavy (non-hydrogen) atoms. The Morgan fingerprint density at radius 2 is 2.35 bits per heavy atom. The van der Waals surface area contributed by atoms with Crippen LogP contribution in [0.4, 0.5) is 0 Å². The quantitative estimate of drug-likeness (QED) is 0.835. The van der Waals surface area contributed by atoms with Crippen LogP contribution in [-0.4, -0.2) is 30.8 Å². The Labute approximate surface area is 101 Å². The lowest BCUT2D eigenvalue weighted by atomic mass is 10.3. The van der Waals surface area contributed by atoms with Gasteiger partial charge in [-0.3, -0.25) is 0 Å². The maximum absolute atomic E-state index is 10.8. The number of rotatable bonds is 3. The first-order valence-electron chi connectivity index (χ1n) is 4.87. The van der Waals surface area contributed by atoms with E-state index in [1.807, 2.05) is 0 Å². The van der Waals surface area contributed by atoms with Gasteiger partial charge in [0.2, 0.25) is 5.13 Å². The van der Waals surface area contributed by atoms with Gasteiger partial charge in [-0.05, 0) is 13.8 Å². The van der Waals surface area contributed by atoms with Crippen molar-refractivity contribution >= 4 is 17.3 Å². The van der Waals surface area contributed by atoms with E-state index in [1.165, 1.54) is 10.9 Å². The van der Waals surface area contributed by atoms with Crippen LogP contribution in [0.5, 0.6) is 0 Å². The monoisotopic (exact) mass is 253 g/mol. The third-order valence-corrected chi connectivity index (χ3v) is 2.99. The maximum Gasteiger partial charge on any atom is 0.347 e. The fourth-order valence-corrected chi connectivity index (χ4v) is 2.04. The summed E-state index contributed by atoms with van der Waals surface area (Å²) in [5.74, 6) is 0.131. The molecule has 0 radical (unpaired) electrons. The number of aromatic carboxylic acids is 1. The van der Waals surface area contributed by atoms with Crippen LogP contribution in [0.25, 0.3) is 5.13 Å². The van der Waals surface area contributed by atoms with E-state index >= 15 is 0 Å². The Bertz CT molecular complexity index is 559. The topological polar surface area (TPSA) is 107 Å². The molecule has 0 aliphatic heterocycles. The molecule has 2 aromatic heterocycles. The average molecular weight is 253 g/mol. The average Bonchev–Trinajstić information content (AvgIpc) is 2.82. The number of hydrogen-bond donors (Lipinski definition) is 2. The van der Waals surface area contributed by atoms with E-state index in [0.717, 1.165) is 11.3 Å². The molecule has 0 spiro atoms. The molecule has 0 aromatic carbocycles. The predicted molar refractivity (Wildman–Crippen MR) is 61.3 cm³/mol. The highest BCUT2D eigenvalue weighted by molar-refractivity contribution is 7.15. The number of carboxylic acids is 1. The zero-order valence-electron chi connectivity index (χ0n) is 9.28. The van der Waals surface area contributed by atoms with Crippen molar-refractivity contribution in [1.29, 1.82) is 0 Å². The van der Waals surface area contributed by atoms with Crippen molar-refractivity contribution in [3.05, 3.63) is 22.7 Å². The van der Waals surface area contributed by atoms with Crippen molar-refractivity contribution in [3.63, 3.8) is 0 Å². The summed E-state index contributed by atoms with van der Waals surface area (Å²) in [6.07, 6.45) is 1.30. The SMILES string of the molecule is Cc1nc([C@H](C)N)n(-c2ncc(C(=O)O)s2)n1. The molecule has 2 rings (SSSR count). The summed E-state index contributed by atoms with van der Waals surface area (Å²) >= 11 is 1.03. The number of carbonyl (C=O) groups is 1. The fraction of sp³-hybridized carbons (Fsp3) is 0.333. The van der Waals surface area contributed by atoms with Gasteiger partial charge in [0, 0.05) is 0 Å². The normalized spacial score (nSPS) is 12.6. The molecule has 0 unspecified atom stereocenters. The Morgan fingerprint density at radius 3 is 2.88 bits per heavy atom. The fourth-order valence-electron chi connectivity index (χ4n) is 1.33. The van der Waals surface area contributed by atoms with Gasteiger partial charge in [0.05, 0.1) is 12.2 Å². The van der Waals surface area contributed by atoms with Crippen LogP contribution < -0.4 is 5.73 Å². The second kappa shape index (κ2) is 4.22. The van der Waals surface area contributed by atoms with Crippen molar-refractivity contribution in [1.82, 2.24) is 19.7 Å². The van der Waals surface area contributed by atoms with E-state index in [4.69, 9.17) is 10.8 Å². The van der Waals surface area contributed by atoms with Crippen LogP contribution >= 0.6 is 11.3 Å². The van der Waals surface area contributed by atoms with Crippen molar-refractivity contribution < 1.29 is 9.90 Å². The molecule has 2 aromatic rings. The first kappa shape index (κ1) is 11.7. The molecule has 2 heterocycles. The predicted octanol–water partition coefficient (Wildman–Crippen LogP) is 0.750. The molecule has 0 fully saturated rings. The van der Waals surface area contributed by atoms with E-state index in [-0.39, 0.29) is 10.9 Å². The van der Waals surface area contributed by atoms with Gasteiger partial charge in [0.25, 0.3) is 0 Å². The second-order valence-electron chi connectivity index (χ2n) is 3.53. The van der Waals surface area contributed by atoms with Crippen LogP contribution in [0.3, 0.4) is 0 Å². The summed E-state index contributed by atoms with van der Waals surface area (Å²) in [5.41, 5.74) is 5.77. The first-order chi connectivity index (χ1) is 7.99. The number of nitrogens with two attached hydrogens (primary N) is 1. The van der Waals surface area contributed by atoms with Gasteiger partial charge in [-0.15, -0.1) is 5.10 Å². The summed E-state index contributed by atoms with van der Waals surface area (Å²) < 4.78 is 1.48. The van der Waals surface area contributed by atoms with Gasteiger partial charge < -0.3 is 10.8 Å². The molecule has 0 aliphatic rings. The van der Waals surface area contributed by atoms with Crippen LogP contribution in [0, 0.1) is 6.92 Å². The molecule has 0 bridgehead atoms. The summed E-state index contributed by atoms with van der Waals surface area (Å²) in [5, 5.41) is 13.4. The van der Waals surface area contributed by atoms with Gasteiger partial charge >= 0.3 is 5.97 Å². The van der Waals surface area contributed by atoms with Gasteiger partial charge in [0.1, 0.15) is 10.7 Å². The van der Waals surface area contributed by atoms with Crippen molar-refractivity contribution in [2.45, 2.75) is 19.9 Å². The third kappa shape index (κ3) is 2.17. The Hall–Kier alpha value is -1.80. The molecule has 8 heteroatoms. The summed E-state index contributed by atoms with van der Waals surface area (Å²) in [6.45, 7) is 3.53. The van der Waals surface area contributed by atoms with Crippen molar-refractivity contribution in [2.75, 3.05) is 0 Å². The number of hydrogen-bond acceptors (Lipinski definition) is 6. The van der Waals surface area contributed by atoms with E-state index in [0.29, 0.717) is 16.8 Å². The molecule has 3 N–H and O–H groups in total. The zero-order valence-corrected chi connectivity index (χ0v) is 10.1.